The highest BCUT2D eigenvalue weighted by Crippen LogP contribution is 2.08. The summed E-state index contributed by atoms with van der Waals surface area (Å²) in [5.41, 5.74) is 0. The molecule has 1 atom stereocenters. The molecule has 2 aromatic rings. The van der Waals surface area contributed by atoms with Gasteiger partial charge in [-0.2, -0.15) is 4.72 Å². The summed E-state index contributed by atoms with van der Waals surface area (Å²) < 4.78 is 28.4. The van der Waals surface area contributed by atoms with Crippen molar-refractivity contribution in [1.82, 2.24) is 19.6 Å². The fourth-order valence-electron chi connectivity index (χ4n) is 1.84. The van der Waals surface area contributed by atoms with Gasteiger partial charge in [-0.1, -0.05) is 18.2 Å². The maximum Gasteiger partial charge on any atom is 0.241 e. The number of rotatable bonds is 6. The van der Waals surface area contributed by atoms with E-state index >= 15 is 0 Å². The van der Waals surface area contributed by atoms with Gasteiger partial charge < -0.3 is 9.88 Å². The molecule has 2 N–H and O–H groups in total. The number of nitrogens with one attached hydrogen (secondary N) is 2. The second kappa shape index (κ2) is 6.71. The summed E-state index contributed by atoms with van der Waals surface area (Å²) in [5, 5.41) is 2.65. The van der Waals surface area contributed by atoms with Crippen molar-refractivity contribution in [3.63, 3.8) is 0 Å². The van der Waals surface area contributed by atoms with Gasteiger partial charge in [0.2, 0.25) is 15.9 Å². The highest BCUT2D eigenvalue weighted by molar-refractivity contribution is 7.89. The molecule has 22 heavy (non-hydrogen) atoms. The SMILES string of the molecule is CC(NS(=O)(=O)c1ccccc1)C(=O)NCc1nccn1C. The molecule has 0 aliphatic rings. The van der Waals surface area contributed by atoms with Crippen molar-refractivity contribution in [3.05, 3.63) is 48.5 Å². The molecule has 0 saturated heterocycles. The van der Waals surface area contributed by atoms with Crippen LogP contribution >= 0.6 is 0 Å². The summed E-state index contributed by atoms with van der Waals surface area (Å²) in [7, 11) is -1.90. The van der Waals surface area contributed by atoms with Crippen LogP contribution in [0.4, 0.5) is 0 Å². The summed E-state index contributed by atoms with van der Waals surface area (Å²) in [4.78, 5) is 16.2. The van der Waals surface area contributed by atoms with Gasteiger partial charge in [0.05, 0.1) is 17.5 Å². The van der Waals surface area contributed by atoms with Crippen LogP contribution in [0.1, 0.15) is 12.7 Å². The van der Waals surface area contributed by atoms with E-state index in [0.29, 0.717) is 5.82 Å². The predicted molar refractivity (Wildman–Crippen MR) is 81.3 cm³/mol. The molecule has 0 radical (unpaired) electrons. The molecule has 0 spiro atoms. The molecule has 7 nitrogen and oxygen atoms in total. The van der Waals surface area contributed by atoms with E-state index in [1.54, 1.807) is 35.2 Å². The van der Waals surface area contributed by atoms with Crippen LogP contribution in [0.25, 0.3) is 0 Å². The number of carbonyl (C=O) groups excluding carboxylic acids is 1. The number of hydrogen-bond acceptors (Lipinski definition) is 4. The minimum Gasteiger partial charge on any atom is -0.347 e. The van der Waals surface area contributed by atoms with Gasteiger partial charge in [-0.25, -0.2) is 13.4 Å². The van der Waals surface area contributed by atoms with Crippen molar-refractivity contribution in [3.8, 4) is 0 Å². The molecule has 0 fully saturated rings. The molecular formula is C14H18N4O3S. The van der Waals surface area contributed by atoms with Crippen LogP contribution in [0.5, 0.6) is 0 Å². The molecule has 2 rings (SSSR count). The largest absolute Gasteiger partial charge is 0.347 e. The van der Waals surface area contributed by atoms with Crippen LogP contribution in [0.2, 0.25) is 0 Å². The van der Waals surface area contributed by atoms with Crippen LogP contribution in [0.3, 0.4) is 0 Å². The number of aryl methyl sites for hydroxylation is 1. The lowest BCUT2D eigenvalue weighted by Gasteiger charge is -2.14. The van der Waals surface area contributed by atoms with E-state index in [4.69, 9.17) is 0 Å². The van der Waals surface area contributed by atoms with E-state index < -0.39 is 22.0 Å². The third kappa shape index (κ3) is 3.92. The van der Waals surface area contributed by atoms with Crippen LogP contribution in [0.15, 0.2) is 47.6 Å². The molecule has 1 heterocycles. The van der Waals surface area contributed by atoms with Gasteiger partial charge in [-0.3, -0.25) is 4.79 Å². The maximum atomic E-state index is 12.1. The number of hydrogen-bond donors (Lipinski definition) is 2. The topological polar surface area (TPSA) is 93.1 Å². The molecule has 0 bridgehead atoms. The van der Waals surface area contributed by atoms with Crippen molar-refractivity contribution in [1.29, 1.82) is 0 Å². The molecule has 1 aromatic carbocycles. The number of imidazole rings is 1. The summed E-state index contributed by atoms with van der Waals surface area (Å²) in [6.07, 6.45) is 3.39. The van der Waals surface area contributed by atoms with Gasteiger partial charge in [0, 0.05) is 19.4 Å². The van der Waals surface area contributed by atoms with Gasteiger partial charge in [-0.05, 0) is 19.1 Å². The van der Waals surface area contributed by atoms with Gasteiger partial charge in [0.1, 0.15) is 5.82 Å². The Bertz CT molecular complexity index is 740. The second-order valence-corrected chi connectivity index (χ2v) is 6.54. The van der Waals surface area contributed by atoms with E-state index in [-0.39, 0.29) is 11.4 Å². The van der Waals surface area contributed by atoms with Crippen molar-refractivity contribution in [2.75, 3.05) is 0 Å². The van der Waals surface area contributed by atoms with Crippen molar-refractivity contribution < 1.29 is 13.2 Å². The quantitative estimate of drug-likeness (QED) is 0.805. The number of nitrogens with zero attached hydrogens (tertiary/aromatic N) is 2. The summed E-state index contributed by atoms with van der Waals surface area (Å²) >= 11 is 0. The first-order valence-corrected chi connectivity index (χ1v) is 8.20. The maximum absolute atomic E-state index is 12.1. The molecular weight excluding hydrogens is 304 g/mol. The Labute approximate surface area is 129 Å². The molecule has 0 saturated carbocycles. The zero-order valence-corrected chi connectivity index (χ0v) is 13.2. The lowest BCUT2D eigenvalue weighted by atomic mass is 10.3. The van der Waals surface area contributed by atoms with E-state index in [1.165, 1.54) is 19.1 Å². The Kier molecular flexibility index (Phi) is 4.94. The van der Waals surface area contributed by atoms with Crippen molar-refractivity contribution in [2.45, 2.75) is 24.4 Å². The van der Waals surface area contributed by atoms with E-state index in [9.17, 15) is 13.2 Å². The second-order valence-electron chi connectivity index (χ2n) is 4.83. The normalized spacial score (nSPS) is 12.8. The third-order valence-corrected chi connectivity index (χ3v) is 4.68. The molecule has 1 unspecified atom stereocenters. The summed E-state index contributed by atoms with van der Waals surface area (Å²) in [6, 6.07) is 7.04. The van der Waals surface area contributed by atoms with Gasteiger partial charge >= 0.3 is 0 Å². The van der Waals surface area contributed by atoms with Crippen LogP contribution in [0, 0.1) is 0 Å². The molecule has 1 aromatic heterocycles. The zero-order valence-electron chi connectivity index (χ0n) is 12.4. The molecule has 8 heteroatoms. The standard InChI is InChI=1S/C14H18N4O3S/c1-11(14(19)16-10-13-15-8-9-18(13)2)17-22(20,21)12-6-4-3-5-7-12/h3-9,11,17H,10H2,1-2H3,(H,16,19). The Morgan fingerprint density at radius 2 is 2.00 bits per heavy atom. The molecule has 1 amide bonds. The fourth-order valence-corrected chi connectivity index (χ4v) is 3.06. The average molecular weight is 322 g/mol. The molecule has 0 aliphatic carbocycles. The van der Waals surface area contributed by atoms with Gasteiger partial charge in [0.15, 0.2) is 0 Å². The highest BCUT2D eigenvalue weighted by Gasteiger charge is 2.21. The Morgan fingerprint density at radius 1 is 1.32 bits per heavy atom. The smallest absolute Gasteiger partial charge is 0.241 e. The van der Waals surface area contributed by atoms with E-state index in [2.05, 4.69) is 15.0 Å². The number of amides is 1. The van der Waals surface area contributed by atoms with E-state index in [1.807, 2.05) is 7.05 Å². The van der Waals surface area contributed by atoms with Crippen molar-refractivity contribution in [2.24, 2.45) is 7.05 Å². The van der Waals surface area contributed by atoms with Gasteiger partial charge in [0.25, 0.3) is 0 Å². The van der Waals surface area contributed by atoms with Crippen LogP contribution in [-0.4, -0.2) is 29.9 Å². The number of carbonyl (C=O) groups is 1. The van der Waals surface area contributed by atoms with Crippen LogP contribution < -0.4 is 10.0 Å². The summed E-state index contributed by atoms with van der Waals surface area (Å²) in [6.45, 7) is 1.73. The predicted octanol–water partition coefficient (Wildman–Crippen LogP) is 0.403. The lowest BCUT2D eigenvalue weighted by molar-refractivity contribution is -0.122. The number of sulfonamides is 1. The summed E-state index contributed by atoms with van der Waals surface area (Å²) in [5.74, 6) is 0.272. The number of aromatic nitrogens is 2. The Morgan fingerprint density at radius 3 is 2.59 bits per heavy atom. The van der Waals surface area contributed by atoms with Crippen molar-refractivity contribution >= 4 is 15.9 Å². The monoisotopic (exact) mass is 322 g/mol. The minimum atomic E-state index is -3.72. The average Bonchev–Trinajstić information content (AvgIpc) is 2.90. The first kappa shape index (κ1) is 16.2. The lowest BCUT2D eigenvalue weighted by Crippen LogP contribution is -2.44. The van der Waals surface area contributed by atoms with E-state index in [0.717, 1.165) is 0 Å². The Hall–Kier alpha value is -2.19. The number of benzene rings is 1. The Balaban J connectivity index is 1.95. The highest BCUT2D eigenvalue weighted by atomic mass is 32.2. The molecule has 118 valence electrons. The van der Waals surface area contributed by atoms with Crippen LogP contribution in [-0.2, 0) is 28.4 Å². The van der Waals surface area contributed by atoms with Gasteiger partial charge in [-0.15, -0.1) is 0 Å². The fraction of sp³-hybridized carbons (Fsp3) is 0.286. The minimum absolute atomic E-state index is 0.124. The first-order chi connectivity index (χ1) is 10.4. The molecule has 0 aliphatic heterocycles. The third-order valence-electron chi connectivity index (χ3n) is 3.12. The zero-order chi connectivity index (χ0) is 16.2. The first-order valence-electron chi connectivity index (χ1n) is 6.71.